The van der Waals surface area contributed by atoms with Gasteiger partial charge in [-0.2, -0.15) is 0 Å². The van der Waals surface area contributed by atoms with E-state index >= 15 is 0 Å². The van der Waals surface area contributed by atoms with Crippen LogP contribution in [0, 0.1) is 13.8 Å². The molecule has 0 spiro atoms. The fraction of sp³-hybridized carbons (Fsp3) is 0.294. The van der Waals surface area contributed by atoms with Crippen molar-refractivity contribution in [1.82, 2.24) is 4.98 Å². The first kappa shape index (κ1) is 15.8. The molecular formula is C17H19NO4. The molecule has 0 fully saturated rings. The largest absolute Gasteiger partial charge is 0.461 e. The third-order valence-corrected chi connectivity index (χ3v) is 3.33. The lowest BCUT2D eigenvalue weighted by Crippen LogP contribution is -2.09. The van der Waals surface area contributed by atoms with E-state index in [1.165, 1.54) is 0 Å². The van der Waals surface area contributed by atoms with Crippen LogP contribution in [0.15, 0.2) is 30.3 Å². The van der Waals surface area contributed by atoms with E-state index in [1.807, 2.05) is 30.3 Å². The summed E-state index contributed by atoms with van der Waals surface area (Å²) in [6, 6.07) is 9.43. The molecule has 22 heavy (non-hydrogen) atoms. The minimum atomic E-state index is -0.467. The Hall–Kier alpha value is -2.56. The maximum Gasteiger partial charge on any atom is 0.355 e. The second-order valence-corrected chi connectivity index (χ2v) is 4.91. The number of esters is 2. The number of nitrogens with one attached hydrogen (secondary N) is 1. The summed E-state index contributed by atoms with van der Waals surface area (Å²) >= 11 is 0. The van der Waals surface area contributed by atoms with Gasteiger partial charge in [-0.1, -0.05) is 30.3 Å². The molecule has 1 aromatic carbocycles. The molecule has 2 aromatic rings. The zero-order chi connectivity index (χ0) is 16.1. The second kappa shape index (κ2) is 6.93. The highest BCUT2D eigenvalue weighted by molar-refractivity contribution is 5.98. The van der Waals surface area contributed by atoms with Crippen LogP contribution in [0.25, 0.3) is 0 Å². The SMILES string of the molecule is CCOC(=O)c1[nH]c(C)c(C(=O)OCc2ccccc2)c1C. The molecule has 0 aliphatic carbocycles. The van der Waals surface area contributed by atoms with Gasteiger partial charge in [0.05, 0.1) is 12.2 Å². The first-order valence-electron chi connectivity index (χ1n) is 7.12. The van der Waals surface area contributed by atoms with Gasteiger partial charge in [-0.05, 0) is 31.9 Å². The zero-order valence-electron chi connectivity index (χ0n) is 12.9. The number of aryl methyl sites for hydroxylation is 1. The Labute approximate surface area is 129 Å². The van der Waals surface area contributed by atoms with Gasteiger partial charge in [-0.3, -0.25) is 0 Å². The van der Waals surface area contributed by atoms with E-state index in [2.05, 4.69) is 4.98 Å². The van der Waals surface area contributed by atoms with E-state index in [0.717, 1.165) is 5.56 Å². The molecule has 0 radical (unpaired) electrons. The second-order valence-electron chi connectivity index (χ2n) is 4.91. The Morgan fingerprint density at radius 1 is 1.05 bits per heavy atom. The number of carbonyl (C=O) groups excluding carboxylic acids is 2. The molecule has 0 atom stereocenters. The molecule has 5 heteroatoms. The molecule has 5 nitrogen and oxygen atoms in total. The van der Waals surface area contributed by atoms with E-state index in [4.69, 9.17) is 9.47 Å². The van der Waals surface area contributed by atoms with Crippen molar-refractivity contribution in [3.05, 3.63) is 58.4 Å². The van der Waals surface area contributed by atoms with Gasteiger partial charge in [0.25, 0.3) is 0 Å². The van der Waals surface area contributed by atoms with Crippen LogP contribution in [-0.2, 0) is 16.1 Å². The van der Waals surface area contributed by atoms with Crippen LogP contribution < -0.4 is 0 Å². The number of ether oxygens (including phenoxy) is 2. The maximum atomic E-state index is 12.3. The van der Waals surface area contributed by atoms with E-state index in [-0.39, 0.29) is 13.2 Å². The van der Waals surface area contributed by atoms with Gasteiger partial charge in [0.1, 0.15) is 12.3 Å². The van der Waals surface area contributed by atoms with E-state index in [0.29, 0.717) is 22.5 Å². The van der Waals surface area contributed by atoms with Crippen molar-refractivity contribution in [2.45, 2.75) is 27.4 Å². The average Bonchev–Trinajstić information content (AvgIpc) is 2.81. The predicted octanol–water partition coefficient (Wildman–Crippen LogP) is 3.17. The fourth-order valence-electron chi connectivity index (χ4n) is 2.26. The maximum absolute atomic E-state index is 12.3. The van der Waals surface area contributed by atoms with Crippen molar-refractivity contribution in [3.8, 4) is 0 Å². The Morgan fingerprint density at radius 3 is 2.36 bits per heavy atom. The summed E-state index contributed by atoms with van der Waals surface area (Å²) in [4.78, 5) is 27.0. The Morgan fingerprint density at radius 2 is 1.73 bits per heavy atom. The van der Waals surface area contributed by atoms with E-state index < -0.39 is 11.9 Å². The van der Waals surface area contributed by atoms with Gasteiger partial charge >= 0.3 is 11.9 Å². The van der Waals surface area contributed by atoms with Gasteiger partial charge in [0.15, 0.2) is 0 Å². The van der Waals surface area contributed by atoms with Gasteiger partial charge in [0, 0.05) is 5.69 Å². The van der Waals surface area contributed by atoms with E-state index in [9.17, 15) is 9.59 Å². The number of hydrogen-bond donors (Lipinski definition) is 1. The third-order valence-electron chi connectivity index (χ3n) is 3.33. The first-order chi connectivity index (χ1) is 10.5. The Balaban J connectivity index is 2.14. The number of benzene rings is 1. The zero-order valence-corrected chi connectivity index (χ0v) is 12.9. The highest BCUT2D eigenvalue weighted by Crippen LogP contribution is 2.20. The van der Waals surface area contributed by atoms with Crippen LogP contribution in [0.1, 0.15) is 44.6 Å². The van der Waals surface area contributed by atoms with Crippen LogP contribution >= 0.6 is 0 Å². The van der Waals surface area contributed by atoms with Crippen LogP contribution in [0.4, 0.5) is 0 Å². The molecule has 0 saturated heterocycles. The van der Waals surface area contributed by atoms with Crippen LogP contribution in [-0.4, -0.2) is 23.5 Å². The van der Waals surface area contributed by atoms with Gasteiger partial charge in [0.2, 0.25) is 0 Å². The summed E-state index contributed by atoms with van der Waals surface area (Å²) in [7, 11) is 0. The highest BCUT2D eigenvalue weighted by Gasteiger charge is 2.23. The average molecular weight is 301 g/mol. The molecule has 2 rings (SSSR count). The minimum Gasteiger partial charge on any atom is -0.461 e. The topological polar surface area (TPSA) is 68.4 Å². The molecule has 0 aliphatic heterocycles. The van der Waals surface area contributed by atoms with Crippen molar-refractivity contribution in [3.63, 3.8) is 0 Å². The number of carbonyl (C=O) groups is 2. The van der Waals surface area contributed by atoms with Gasteiger partial charge in [-0.15, -0.1) is 0 Å². The molecule has 0 aliphatic rings. The molecule has 0 bridgehead atoms. The lowest BCUT2D eigenvalue weighted by atomic mass is 10.1. The minimum absolute atomic E-state index is 0.193. The molecule has 0 saturated carbocycles. The number of aromatic amines is 1. The first-order valence-corrected chi connectivity index (χ1v) is 7.12. The molecule has 0 unspecified atom stereocenters. The Kier molecular flexibility index (Phi) is 4.99. The monoisotopic (exact) mass is 301 g/mol. The van der Waals surface area contributed by atoms with Crippen LogP contribution in [0.3, 0.4) is 0 Å². The van der Waals surface area contributed by atoms with Crippen molar-refractivity contribution in [2.75, 3.05) is 6.61 Å². The standard InChI is InChI=1S/C17H19NO4/c1-4-21-17(20)15-11(2)14(12(3)18-15)16(19)22-10-13-8-6-5-7-9-13/h5-9,18H,4,10H2,1-3H3. The van der Waals surface area contributed by atoms with Gasteiger partial charge in [-0.25, -0.2) is 9.59 Å². The Bertz CT molecular complexity index is 673. The number of H-pyrrole nitrogens is 1. The van der Waals surface area contributed by atoms with Crippen molar-refractivity contribution in [2.24, 2.45) is 0 Å². The van der Waals surface area contributed by atoms with E-state index in [1.54, 1.807) is 20.8 Å². The lowest BCUT2D eigenvalue weighted by molar-refractivity contribution is 0.0471. The molecular weight excluding hydrogens is 282 g/mol. The fourth-order valence-corrected chi connectivity index (χ4v) is 2.26. The highest BCUT2D eigenvalue weighted by atomic mass is 16.5. The molecule has 1 N–H and O–H groups in total. The lowest BCUT2D eigenvalue weighted by Gasteiger charge is -2.06. The molecule has 1 aromatic heterocycles. The summed E-state index contributed by atoms with van der Waals surface area (Å²) in [6.07, 6.45) is 0. The third kappa shape index (κ3) is 3.36. The number of rotatable bonds is 5. The van der Waals surface area contributed by atoms with Crippen molar-refractivity contribution >= 4 is 11.9 Å². The van der Waals surface area contributed by atoms with Gasteiger partial charge < -0.3 is 14.5 Å². The van der Waals surface area contributed by atoms with Crippen molar-refractivity contribution < 1.29 is 19.1 Å². The van der Waals surface area contributed by atoms with Crippen LogP contribution in [0.2, 0.25) is 0 Å². The summed E-state index contributed by atoms with van der Waals surface area (Å²) in [5, 5.41) is 0. The smallest absolute Gasteiger partial charge is 0.355 e. The van der Waals surface area contributed by atoms with Crippen molar-refractivity contribution in [1.29, 1.82) is 0 Å². The molecule has 1 heterocycles. The predicted molar refractivity (Wildman–Crippen MR) is 81.8 cm³/mol. The molecule has 0 amide bonds. The summed E-state index contributed by atoms with van der Waals surface area (Å²) < 4.78 is 10.3. The molecule has 116 valence electrons. The number of hydrogen-bond acceptors (Lipinski definition) is 4. The normalized spacial score (nSPS) is 10.3. The summed E-state index contributed by atoms with van der Waals surface area (Å²) in [5.74, 6) is -0.920. The summed E-state index contributed by atoms with van der Waals surface area (Å²) in [5.41, 5.74) is 2.74. The van der Waals surface area contributed by atoms with Crippen LogP contribution in [0.5, 0.6) is 0 Å². The number of aromatic nitrogens is 1. The quantitative estimate of drug-likeness (QED) is 0.861. The summed E-state index contributed by atoms with van der Waals surface area (Å²) in [6.45, 7) is 5.64.